The van der Waals surface area contributed by atoms with E-state index in [1.807, 2.05) is 0 Å². The number of fused-ring (bicyclic) bond motifs is 1. The second kappa shape index (κ2) is 4.29. The van der Waals surface area contributed by atoms with Gasteiger partial charge in [0.1, 0.15) is 11.8 Å². The highest BCUT2D eigenvalue weighted by atomic mass is 35.5. The first-order chi connectivity index (χ1) is 9.15. The fourth-order valence-electron chi connectivity index (χ4n) is 1.63. The van der Waals surface area contributed by atoms with Crippen molar-refractivity contribution in [3.63, 3.8) is 0 Å². The van der Waals surface area contributed by atoms with Crippen LogP contribution in [0.3, 0.4) is 0 Å². The molecule has 0 spiro atoms. The first-order valence-corrected chi connectivity index (χ1v) is 5.50. The van der Waals surface area contributed by atoms with Crippen LogP contribution < -0.4 is 0 Å². The first-order valence-electron chi connectivity index (χ1n) is 5.12. The topological polar surface area (TPSA) is 102 Å². The molecule has 3 aromatic rings. The van der Waals surface area contributed by atoms with Crippen molar-refractivity contribution in [1.82, 2.24) is 20.3 Å². The van der Waals surface area contributed by atoms with Gasteiger partial charge < -0.3 is 5.11 Å². The summed E-state index contributed by atoms with van der Waals surface area (Å²) in [5.41, 5.74) is 1.85. The van der Waals surface area contributed by atoms with E-state index in [1.54, 1.807) is 12.1 Å². The number of nitrogens with zero attached hydrogens (tertiary/aromatic N) is 4. The number of carbonyl (C=O) groups is 1. The predicted octanol–water partition coefficient (Wildman–Crippen LogP) is 2.03. The lowest BCUT2D eigenvalue weighted by atomic mass is 10.1. The van der Waals surface area contributed by atoms with Gasteiger partial charge in [0.15, 0.2) is 11.2 Å². The summed E-state index contributed by atoms with van der Waals surface area (Å²) >= 11 is 6.03. The van der Waals surface area contributed by atoms with Crippen LogP contribution in [0.15, 0.2) is 29.2 Å². The van der Waals surface area contributed by atoms with Gasteiger partial charge in [-0.25, -0.2) is 19.4 Å². The molecule has 0 atom stereocenters. The molecule has 0 unspecified atom stereocenters. The number of aromatic carboxylic acids is 1. The van der Waals surface area contributed by atoms with E-state index in [0.29, 0.717) is 27.3 Å². The second-order valence-corrected chi connectivity index (χ2v) is 4.09. The number of halogens is 1. The van der Waals surface area contributed by atoms with Crippen molar-refractivity contribution in [1.29, 1.82) is 0 Å². The zero-order chi connectivity index (χ0) is 13.4. The molecule has 1 aromatic carbocycles. The van der Waals surface area contributed by atoms with Gasteiger partial charge in [0.05, 0.1) is 10.7 Å². The highest BCUT2D eigenvalue weighted by Crippen LogP contribution is 2.27. The molecular formula is C11H5ClN4O3. The van der Waals surface area contributed by atoms with Crippen LogP contribution in [0, 0.1) is 0 Å². The van der Waals surface area contributed by atoms with E-state index in [-0.39, 0.29) is 5.69 Å². The number of hydrogen-bond acceptors (Lipinski definition) is 6. The first kappa shape index (κ1) is 11.5. The average Bonchev–Trinajstić information content (AvgIpc) is 2.87. The Labute approximate surface area is 110 Å². The molecule has 1 N–H and O–H groups in total. The number of benzene rings is 1. The maximum absolute atomic E-state index is 10.9. The highest BCUT2D eigenvalue weighted by Gasteiger charge is 2.12. The molecule has 0 aliphatic heterocycles. The highest BCUT2D eigenvalue weighted by molar-refractivity contribution is 6.35. The molecular weight excluding hydrogens is 272 g/mol. The Morgan fingerprint density at radius 2 is 2.05 bits per heavy atom. The van der Waals surface area contributed by atoms with Crippen LogP contribution in [-0.4, -0.2) is 31.4 Å². The molecule has 0 aliphatic carbocycles. The van der Waals surface area contributed by atoms with Crippen molar-refractivity contribution in [2.45, 2.75) is 0 Å². The summed E-state index contributed by atoms with van der Waals surface area (Å²) in [5.74, 6) is -1.13. The summed E-state index contributed by atoms with van der Waals surface area (Å²) in [7, 11) is 0. The number of aromatic nitrogens is 4. The quantitative estimate of drug-likeness (QED) is 0.764. The van der Waals surface area contributed by atoms with Gasteiger partial charge >= 0.3 is 5.97 Å². The summed E-state index contributed by atoms with van der Waals surface area (Å²) in [6, 6.07) is 4.63. The molecule has 2 aromatic heterocycles. The van der Waals surface area contributed by atoms with Crippen molar-refractivity contribution < 1.29 is 14.5 Å². The Kier molecular flexibility index (Phi) is 2.60. The predicted molar refractivity (Wildman–Crippen MR) is 64.8 cm³/mol. The molecule has 2 heterocycles. The van der Waals surface area contributed by atoms with E-state index in [1.165, 1.54) is 12.4 Å². The molecule has 0 fully saturated rings. The maximum Gasteiger partial charge on any atom is 0.354 e. The van der Waals surface area contributed by atoms with Crippen LogP contribution in [0.2, 0.25) is 5.02 Å². The summed E-state index contributed by atoms with van der Waals surface area (Å²) in [4.78, 5) is 18.5. The van der Waals surface area contributed by atoms with Crippen LogP contribution in [0.1, 0.15) is 10.5 Å². The average molecular weight is 277 g/mol. The Morgan fingerprint density at radius 3 is 2.84 bits per heavy atom. The van der Waals surface area contributed by atoms with Gasteiger partial charge in [0.25, 0.3) is 0 Å². The van der Waals surface area contributed by atoms with Crippen molar-refractivity contribution in [2.24, 2.45) is 0 Å². The normalized spacial score (nSPS) is 10.8. The van der Waals surface area contributed by atoms with Crippen LogP contribution >= 0.6 is 11.6 Å². The Balaban J connectivity index is 2.18. The van der Waals surface area contributed by atoms with E-state index in [4.69, 9.17) is 16.7 Å². The Morgan fingerprint density at radius 1 is 1.21 bits per heavy atom. The van der Waals surface area contributed by atoms with Crippen LogP contribution in [-0.2, 0) is 0 Å². The third kappa shape index (κ3) is 2.00. The number of hydrogen-bond donors (Lipinski definition) is 1. The summed E-state index contributed by atoms with van der Waals surface area (Å²) in [5, 5.41) is 16.6. The lowest BCUT2D eigenvalue weighted by molar-refractivity contribution is 0.0690. The largest absolute Gasteiger partial charge is 0.477 e. The standard InChI is InChI=1S/C11H5ClN4O3/c12-6-1-5(2-8-10(6)16-19-15-8)7-3-9(11(17)18)14-4-13-7/h1-4H,(H,17,18). The van der Waals surface area contributed by atoms with Gasteiger partial charge in [-0.05, 0) is 28.5 Å². The Bertz CT molecular complexity index is 786. The van der Waals surface area contributed by atoms with Crippen molar-refractivity contribution in [3.8, 4) is 11.3 Å². The van der Waals surface area contributed by atoms with Gasteiger partial charge in [-0.2, -0.15) is 0 Å². The molecule has 7 nitrogen and oxygen atoms in total. The molecule has 0 aliphatic rings. The van der Waals surface area contributed by atoms with Crippen LogP contribution in [0.25, 0.3) is 22.3 Å². The summed E-state index contributed by atoms with van der Waals surface area (Å²) in [6.45, 7) is 0. The van der Waals surface area contributed by atoms with Gasteiger partial charge in [0, 0.05) is 5.56 Å². The van der Waals surface area contributed by atoms with Crippen molar-refractivity contribution in [3.05, 3.63) is 35.2 Å². The van der Waals surface area contributed by atoms with E-state index < -0.39 is 5.97 Å². The molecule has 94 valence electrons. The van der Waals surface area contributed by atoms with E-state index in [0.717, 1.165) is 0 Å². The fraction of sp³-hybridized carbons (Fsp3) is 0. The van der Waals surface area contributed by atoms with E-state index >= 15 is 0 Å². The number of rotatable bonds is 2. The minimum absolute atomic E-state index is 0.0977. The monoisotopic (exact) mass is 276 g/mol. The SMILES string of the molecule is O=C(O)c1cc(-c2cc(Cl)c3nonc3c2)ncn1. The van der Waals surface area contributed by atoms with Gasteiger partial charge in [0.2, 0.25) is 0 Å². The van der Waals surface area contributed by atoms with E-state index in [2.05, 4.69) is 24.9 Å². The number of carboxylic acids is 1. The molecule has 0 radical (unpaired) electrons. The molecule has 0 saturated carbocycles. The van der Waals surface area contributed by atoms with Gasteiger partial charge in [-0.15, -0.1) is 0 Å². The number of carboxylic acid groups (broad SMARTS) is 1. The lowest BCUT2D eigenvalue weighted by Crippen LogP contribution is -2.01. The van der Waals surface area contributed by atoms with Crippen molar-refractivity contribution in [2.75, 3.05) is 0 Å². The van der Waals surface area contributed by atoms with Gasteiger partial charge in [-0.1, -0.05) is 11.6 Å². The van der Waals surface area contributed by atoms with Crippen molar-refractivity contribution >= 4 is 28.6 Å². The summed E-state index contributed by atoms with van der Waals surface area (Å²) in [6.07, 6.45) is 1.18. The molecule has 8 heteroatoms. The zero-order valence-corrected chi connectivity index (χ0v) is 10.00. The van der Waals surface area contributed by atoms with Crippen LogP contribution in [0.4, 0.5) is 0 Å². The Hall–Kier alpha value is -2.54. The third-order valence-electron chi connectivity index (χ3n) is 2.50. The molecule has 0 amide bonds. The minimum Gasteiger partial charge on any atom is -0.477 e. The zero-order valence-electron chi connectivity index (χ0n) is 9.24. The smallest absolute Gasteiger partial charge is 0.354 e. The molecule has 19 heavy (non-hydrogen) atoms. The van der Waals surface area contributed by atoms with Gasteiger partial charge in [-0.3, -0.25) is 0 Å². The minimum atomic E-state index is -1.13. The molecule has 0 bridgehead atoms. The maximum atomic E-state index is 10.9. The van der Waals surface area contributed by atoms with Crippen LogP contribution in [0.5, 0.6) is 0 Å². The second-order valence-electron chi connectivity index (χ2n) is 3.68. The fourth-order valence-corrected chi connectivity index (χ4v) is 1.88. The molecule has 0 saturated heterocycles. The lowest BCUT2D eigenvalue weighted by Gasteiger charge is -2.02. The third-order valence-corrected chi connectivity index (χ3v) is 2.78. The van der Waals surface area contributed by atoms with E-state index in [9.17, 15) is 4.79 Å². The summed E-state index contributed by atoms with van der Waals surface area (Å²) < 4.78 is 4.59. The molecule has 3 rings (SSSR count).